The van der Waals surface area contributed by atoms with Gasteiger partial charge in [-0.1, -0.05) is 23.7 Å². The normalized spacial score (nSPS) is 12.7. The van der Waals surface area contributed by atoms with Crippen molar-refractivity contribution in [2.75, 3.05) is 19.5 Å². The van der Waals surface area contributed by atoms with Crippen LogP contribution in [0, 0.1) is 0 Å². The summed E-state index contributed by atoms with van der Waals surface area (Å²) in [5.41, 5.74) is 1.05. The largest absolute Gasteiger partial charge is 0.374 e. The molecule has 3 nitrogen and oxygen atoms in total. The van der Waals surface area contributed by atoms with E-state index in [0.717, 1.165) is 5.56 Å². The second-order valence-electron chi connectivity index (χ2n) is 2.90. The van der Waals surface area contributed by atoms with Crippen LogP contribution in [-0.4, -0.2) is 23.7 Å². The van der Waals surface area contributed by atoms with Gasteiger partial charge in [-0.3, -0.25) is 4.18 Å². The average molecular weight is 249 g/mol. The average Bonchev–Trinajstić information content (AvgIpc) is 2.20. The first-order valence-corrected chi connectivity index (χ1v) is 6.33. The Labute approximate surface area is 97.0 Å². The lowest BCUT2D eigenvalue weighted by Gasteiger charge is -2.03. The monoisotopic (exact) mass is 248 g/mol. The maximum atomic E-state index is 10.5. The third-order valence-electron chi connectivity index (χ3n) is 1.66. The number of ether oxygens (including phenoxy) is 1. The Balaban J connectivity index is 2.15. The SMILES string of the molecule is CS(=O)OCCOCc1ccc(Cl)cc1. The van der Waals surface area contributed by atoms with Crippen LogP contribution in [-0.2, 0) is 26.6 Å². The van der Waals surface area contributed by atoms with Crippen molar-refractivity contribution in [2.24, 2.45) is 0 Å². The standard InChI is InChI=1S/C10H13ClO3S/c1-15(12)14-7-6-13-8-9-2-4-10(11)5-3-9/h2-5H,6-8H2,1H3. The third-order valence-corrected chi connectivity index (χ3v) is 2.41. The molecule has 1 unspecified atom stereocenters. The molecule has 1 atom stereocenters. The van der Waals surface area contributed by atoms with Crippen LogP contribution in [0.25, 0.3) is 0 Å². The number of benzene rings is 1. The van der Waals surface area contributed by atoms with Gasteiger partial charge in [0, 0.05) is 11.3 Å². The number of halogens is 1. The second kappa shape index (κ2) is 6.95. The second-order valence-corrected chi connectivity index (χ2v) is 4.38. The molecule has 0 radical (unpaired) electrons. The summed E-state index contributed by atoms with van der Waals surface area (Å²) in [6.45, 7) is 1.29. The molecule has 1 rings (SSSR count). The minimum Gasteiger partial charge on any atom is -0.374 e. The molecule has 5 heteroatoms. The zero-order chi connectivity index (χ0) is 11.1. The summed E-state index contributed by atoms with van der Waals surface area (Å²) < 4.78 is 20.7. The topological polar surface area (TPSA) is 35.5 Å². The molecule has 0 aliphatic carbocycles. The Morgan fingerprint density at radius 1 is 1.27 bits per heavy atom. The molecular weight excluding hydrogens is 236 g/mol. The highest BCUT2D eigenvalue weighted by atomic mass is 35.5. The smallest absolute Gasteiger partial charge is 0.152 e. The van der Waals surface area contributed by atoms with Crippen LogP contribution in [0.15, 0.2) is 24.3 Å². The zero-order valence-corrected chi connectivity index (χ0v) is 10.0. The van der Waals surface area contributed by atoms with E-state index in [1.165, 1.54) is 6.26 Å². The van der Waals surface area contributed by atoms with Crippen molar-refractivity contribution in [3.8, 4) is 0 Å². The summed E-state index contributed by atoms with van der Waals surface area (Å²) >= 11 is 4.52. The Morgan fingerprint density at radius 2 is 1.93 bits per heavy atom. The molecule has 0 heterocycles. The summed E-state index contributed by atoms with van der Waals surface area (Å²) in [7, 11) is 0. The summed E-state index contributed by atoms with van der Waals surface area (Å²) in [6.07, 6.45) is 1.49. The fraction of sp³-hybridized carbons (Fsp3) is 0.400. The van der Waals surface area contributed by atoms with Gasteiger partial charge in [0.05, 0.1) is 19.8 Å². The Kier molecular flexibility index (Phi) is 5.86. The van der Waals surface area contributed by atoms with Gasteiger partial charge in [0.25, 0.3) is 0 Å². The van der Waals surface area contributed by atoms with Crippen LogP contribution >= 0.6 is 11.6 Å². The lowest BCUT2D eigenvalue weighted by Crippen LogP contribution is -2.05. The van der Waals surface area contributed by atoms with Crippen molar-refractivity contribution >= 4 is 22.7 Å². The van der Waals surface area contributed by atoms with Crippen molar-refractivity contribution < 1.29 is 13.1 Å². The number of hydrogen-bond acceptors (Lipinski definition) is 3. The molecule has 0 aliphatic rings. The van der Waals surface area contributed by atoms with Gasteiger partial charge in [0.1, 0.15) is 0 Å². The van der Waals surface area contributed by atoms with Crippen LogP contribution < -0.4 is 0 Å². The van der Waals surface area contributed by atoms with E-state index in [1.807, 2.05) is 24.3 Å². The summed E-state index contributed by atoms with van der Waals surface area (Å²) in [6, 6.07) is 7.44. The fourth-order valence-corrected chi connectivity index (χ4v) is 1.41. The molecule has 1 aromatic carbocycles. The van der Waals surface area contributed by atoms with E-state index in [1.54, 1.807) is 0 Å². The predicted octanol–water partition coefficient (Wildman–Crippen LogP) is 2.17. The van der Waals surface area contributed by atoms with Gasteiger partial charge in [-0.2, -0.15) is 0 Å². The molecule has 0 bridgehead atoms. The first kappa shape index (κ1) is 12.6. The minimum absolute atomic E-state index is 0.344. The molecule has 84 valence electrons. The highest BCUT2D eigenvalue weighted by Crippen LogP contribution is 2.09. The summed E-state index contributed by atoms with van der Waals surface area (Å²) in [4.78, 5) is 0. The number of rotatable bonds is 6. The molecular formula is C10H13ClO3S. The van der Waals surface area contributed by atoms with Gasteiger partial charge in [0.15, 0.2) is 11.1 Å². The lowest BCUT2D eigenvalue weighted by atomic mass is 10.2. The molecule has 0 saturated heterocycles. The Morgan fingerprint density at radius 3 is 2.53 bits per heavy atom. The molecule has 15 heavy (non-hydrogen) atoms. The van der Waals surface area contributed by atoms with Crippen molar-refractivity contribution in [3.63, 3.8) is 0 Å². The van der Waals surface area contributed by atoms with E-state index in [4.69, 9.17) is 20.5 Å². The van der Waals surface area contributed by atoms with E-state index < -0.39 is 11.1 Å². The predicted molar refractivity (Wildman–Crippen MR) is 61.1 cm³/mol. The van der Waals surface area contributed by atoms with E-state index in [0.29, 0.717) is 24.8 Å². The van der Waals surface area contributed by atoms with Crippen molar-refractivity contribution in [1.29, 1.82) is 0 Å². The third kappa shape index (κ3) is 5.89. The highest BCUT2D eigenvalue weighted by molar-refractivity contribution is 7.79. The first-order chi connectivity index (χ1) is 7.18. The highest BCUT2D eigenvalue weighted by Gasteiger charge is 1.95. The molecule has 1 aromatic rings. The molecule has 0 spiro atoms. The van der Waals surface area contributed by atoms with Crippen molar-refractivity contribution in [1.82, 2.24) is 0 Å². The fourth-order valence-electron chi connectivity index (χ4n) is 0.981. The zero-order valence-electron chi connectivity index (χ0n) is 8.44. The van der Waals surface area contributed by atoms with Crippen LogP contribution in [0.3, 0.4) is 0 Å². The molecule has 0 amide bonds. The van der Waals surface area contributed by atoms with Gasteiger partial charge in [-0.25, -0.2) is 4.21 Å². The Hall–Kier alpha value is -0.420. The van der Waals surface area contributed by atoms with Crippen LogP contribution in [0.5, 0.6) is 0 Å². The van der Waals surface area contributed by atoms with Gasteiger partial charge in [-0.05, 0) is 17.7 Å². The van der Waals surface area contributed by atoms with Crippen molar-refractivity contribution in [3.05, 3.63) is 34.9 Å². The molecule has 0 fully saturated rings. The number of hydrogen-bond donors (Lipinski definition) is 0. The van der Waals surface area contributed by atoms with E-state index in [-0.39, 0.29) is 0 Å². The van der Waals surface area contributed by atoms with E-state index in [9.17, 15) is 4.21 Å². The quantitative estimate of drug-likeness (QED) is 0.724. The van der Waals surface area contributed by atoms with E-state index in [2.05, 4.69) is 0 Å². The maximum Gasteiger partial charge on any atom is 0.152 e. The minimum atomic E-state index is -1.21. The maximum absolute atomic E-state index is 10.5. The van der Waals surface area contributed by atoms with E-state index >= 15 is 0 Å². The van der Waals surface area contributed by atoms with Gasteiger partial charge < -0.3 is 4.74 Å². The van der Waals surface area contributed by atoms with Gasteiger partial charge in [0.2, 0.25) is 0 Å². The molecule has 0 N–H and O–H groups in total. The molecule has 0 saturated carbocycles. The Bertz CT molecular complexity index is 313. The summed E-state index contributed by atoms with van der Waals surface area (Å²) in [5, 5.41) is 0.712. The van der Waals surface area contributed by atoms with Crippen LogP contribution in [0.4, 0.5) is 0 Å². The summed E-state index contributed by atoms with van der Waals surface area (Å²) in [5.74, 6) is 0. The molecule has 0 aliphatic heterocycles. The van der Waals surface area contributed by atoms with Crippen LogP contribution in [0.1, 0.15) is 5.56 Å². The lowest BCUT2D eigenvalue weighted by molar-refractivity contribution is 0.0932. The van der Waals surface area contributed by atoms with Gasteiger partial charge >= 0.3 is 0 Å². The van der Waals surface area contributed by atoms with Gasteiger partial charge in [-0.15, -0.1) is 0 Å². The first-order valence-electron chi connectivity index (χ1n) is 4.47. The molecule has 0 aromatic heterocycles. The van der Waals surface area contributed by atoms with Crippen molar-refractivity contribution in [2.45, 2.75) is 6.61 Å². The van der Waals surface area contributed by atoms with Crippen LogP contribution in [0.2, 0.25) is 5.02 Å².